The van der Waals surface area contributed by atoms with Crippen molar-refractivity contribution in [3.8, 4) is 22.8 Å². The summed E-state index contributed by atoms with van der Waals surface area (Å²) in [5.74, 6) is 0.442. The predicted molar refractivity (Wildman–Crippen MR) is 82.7 cm³/mol. The molecular weight excluding hydrogens is 264 g/mol. The summed E-state index contributed by atoms with van der Waals surface area (Å²) in [4.78, 5) is 23.2. The molecule has 1 aromatic carbocycles. The van der Waals surface area contributed by atoms with Gasteiger partial charge >= 0.3 is 0 Å². The average Bonchev–Trinajstić information content (AvgIpc) is 2.50. The summed E-state index contributed by atoms with van der Waals surface area (Å²) in [6, 6.07) is 12.5. The third kappa shape index (κ3) is 2.67. The molecule has 5 heteroatoms. The van der Waals surface area contributed by atoms with Crippen molar-refractivity contribution in [2.24, 2.45) is 0 Å². The molecule has 0 radical (unpaired) electrons. The van der Waals surface area contributed by atoms with Crippen molar-refractivity contribution in [1.29, 1.82) is 0 Å². The van der Waals surface area contributed by atoms with Gasteiger partial charge in [0.05, 0.1) is 5.69 Å². The monoisotopic (exact) mass is 278 g/mol. The minimum absolute atomic E-state index is 0.222. The molecule has 3 aromatic rings. The fourth-order valence-corrected chi connectivity index (χ4v) is 2.03. The van der Waals surface area contributed by atoms with Crippen LogP contribution in [0.5, 0.6) is 0 Å². The van der Waals surface area contributed by atoms with Crippen LogP contribution in [0.15, 0.2) is 53.5 Å². The number of rotatable bonds is 2. The minimum Gasteiger partial charge on any atom is -0.398 e. The molecule has 0 spiro atoms. The van der Waals surface area contributed by atoms with Crippen molar-refractivity contribution in [2.75, 3.05) is 5.73 Å². The molecule has 0 atom stereocenters. The minimum atomic E-state index is -0.222. The number of benzene rings is 1. The largest absolute Gasteiger partial charge is 0.398 e. The van der Waals surface area contributed by atoms with Crippen LogP contribution in [0.3, 0.4) is 0 Å². The second-order valence-electron chi connectivity index (χ2n) is 4.77. The maximum Gasteiger partial charge on any atom is 0.251 e. The van der Waals surface area contributed by atoms with Gasteiger partial charge in [-0.1, -0.05) is 18.2 Å². The van der Waals surface area contributed by atoms with Crippen LogP contribution in [-0.2, 0) is 0 Å². The Morgan fingerprint density at radius 3 is 2.67 bits per heavy atom. The lowest BCUT2D eigenvalue weighted by Crippen LogP contribution is -2.09. The first-order chi connectivity index (χ1) is 10.1. The van der Waals surface area contributed by atoms with Crippen LogP contribution < -0.4 is 11.3 Å². The van der Waals surface area contributed by atoms with Crippen molar-refractivity contribution in [3.05, 3.63) is 64.6 Å². The smallest absolute Gasteiger partial charge is 0.251 e. The van der Waals surface area contributed by atoms with Crippen LogP contribution in [0.1, 0.15) is 5.56 Å². The molecule has 0 saturated heterocycles. The van der Waals surface area contributed by atoms with E-state index in [0.29, 0.717) is 22.9 Å². The van der Waals surface area contributed by atoms with Crippen LogP contribution in [0.4, 0.5) is 5.69 Å². The van der Waals surface area contributed by atoms with E-state index in [4.69, 9.17) is 5.73 Å². The number of nitrogens with one attached hydrogen (secondary N) is 1. The van der Waals surface area contributed by atoms with Crippen LogP contribution in [0.25, 0.3) is 22.8 Å². The maximum absolute atomic E-state index is 11.9. The molecule has 104 valence electrons. The number of hydrogen-bond donors (Lipinski definition) is 2. The van der Waals surface area contributed by atoms with E-state index >= 15 is 0 Å². The van der Waals surface area contributed by atoms with E-state index in [9.17, 15) is 4.79 Å². The highest BCUT2D eigenvalue weighted by Gasteiger charge is 2.07. The number of pyridine rings is 1. The molecule has 0 amide bonds. The summed E-state index contributed by atoms with van der Waals surface area (Å²) in [7, 11) is 0. The second kappa shape index (κ2) is 5.20. The van der Waals surface area contributed by atoms with Gasteiger partial charge in [0, 0.05) is 23.5 Å². The zero-order valence-corrected chi connectivity index (χ0v) is 11.5. The molecule has 0 fully saturated rings. The molecule has 5 nitrogen and oxygen atoms in total. The van der Waals surface area contributed by atoms with Gasteiger partial charge in [-0.15, -0.1) is 0 Å². The van der Waals surface area contributed by atoms with Gasteiger partial charge in [0.1, 0.15) is 5.69 Å². The molecule has 0 saturated carbocycles. The second-order valence-corrected chi connectivity index (χ2v) is 4.77. The number of nitrogens with two attached hydrogens (primary N) is 1. The Morgan fingerprint density at radius 2 is 1.95 bits per heavy atom. The molecule has 3 N–H and O–H groups in total. The van der Waals surface area contributed by atoms with Gasteiger partial charge in [0.2, 0.25) is 0 Å². The van der Waals surface area contributed by atoms with Crippen LogP contribution in [0, 0.1) is 6.92 Å². The Bertz CT molecular complexity index is 840. The summed E-state index contributed by atoms with van der Waals surface area (Å²) < 4.78 is 0. The Labute approximate surface area is 121 Å². The third-order valence-electron chi connectivity index (χ3n) is 3.22. The summed E-state index contributed by atoms with van der Waals surface area (Å²) in [6.45, 7) is 1.93. The van der Waals surface area contributed by atoms with Gasteiger partial charge in [-0.05, 0) is 30.7 Å². The highest BCUT2D eigenvalue weighted by atomic mass is 16.1. The Hall–Kier alpha value is -2.95. The summed E-state index contributed by atoms with van der Waals surface area (Å²) in [5.41, 5.74) is 9.37. The van der Waals surface area contributed by atoms with Crippen molar-refractivity contribution in [1.82, 2.24) is 15.0 Å². The summed E-state index contributed by atoms with van der Waals surface area (Å²) in [5, 5.41) is 0. The van der Waals surface area contributed by atoms with Crippen molar-refractivity contribution in [3.63, 3.8) is 0 Å². The molecular formula is C16H14N4O. The summed E-state index contributed by atoms with van der Waals surface area (Å²) >= 11 is 0. The van der Waals surface area contributed by atoms with Crippen molar-refractivity contribution in [2.45, 2.75) is 6.92 Å². The SMILES string of the molecule is Cc1ccc(-c2cc(=O)[nH]c(-c3ccccn3)n2)cc1N. The van der Waals surface area contributed by atoms with Gasteiger partial charge in [0.15, 0.2) is 5.82 Å². The van der Waals surface area contributed by atoms with Gasteiger partial charge in [-0.3, -0.25) is 9.78 Å². The fraction of sp³-hybridized carbons (Fsp3) is 0.0625. The van der Waals surface area contributed by atoms with E-state index in [1.54, 1.807) is 12.3 Å². The first kappa shape index (κ1) is 13.1. The molecule has 0 unspecified atom stereocenters. The van der Waals surface area contributed by atoms with E-state index in [1.165, 1.54) is 6.07 Å². The molecule has 0 aliphatic rings. The quantitative estimate of drug-likeness (QED) is 0.705. The van der Waals surface area contributed by atoms with Gasteiger partial charge in [0.25, 0.3) is 5.56 Å². The molecule has 0 aliphatic heterocycles. The number of H-pyrrole nitrogens is 1. The number of hydrogen-bond acceptors (Lipinski definition) is 4. The van der Waals surface area contributed by atoms with Crippen molar-refractivity contribution < 1.29 is 0 Å². The topological polar surface area (TPSA) is 84.7 Å². The number of anilines is 1. The van der Waals surface area contributed by atoms with Crippen LogP contribution in [-0.4, -0.2) is 15.0 Å². The first-order valence-electron chi connectivity index (χ1n) is 6.53. The molecule has 3 rings (SSSR count). The average molecular weight is 278 g/mol. The zero-order valence-electron chi connectivity index (χ0n) is 11.5. The first-order valence-corrected chi connectivity index (χ1v) is 6.53. The van der Waals surface area contributed by atoms with Crippen LogP contribution in [0.2, 0.25) is 0 Å². The molecule has 0 aliphatic carbocycles. The van der Waals surface area contributed by atoms with E-state index in [2.05, 4.69) is 15.0 Å². The predicted octanol–water partition coefficient (Wildman–Crippen LogP) is 2.39. The molecule has 0 bridgehead atoms. The standard InChI is InChI=1S/C16H14N4O/c1-10-5-6-11(8-12(10)17)14-9-15(21)20-16(19-14)13-4-2-3-7-18-13/h2-9H,17H2,1H3,(H,19,20,21). The summed E-state index contributed by atoms with van der Waals surface area (Å²) in [6.07, 6.45) is 1.66. The zero-order chi connectivity index (χ0) is 14.8. The molecule has 21 heavy (non-hydrogen) atoms. The van der Waals surface area contributed by atoms with E-state index in [0.717, 1.165) is 11.1 Å². The number of aryl methyl sites for hydroxylation is 1. The van der Waals surface area contributed by atoms with Crippen molar-refractivity contribution >= 4 is 5.69 Å². The van der Waals surface area contributed by atoms with Gasteiger partial charge in [-0.25, -0.2) is 4.98 Å². The Balaban J connectivity index is 2.14. The highest BCUT2D eigenvalue weighted by Crippen LogP contribution is 2.22. The third-order valence-corrected chi connectivity index (χ3v) is 3.22. The lowest BCUT2D eigenvalue weighted by Gasteiger charge is -2.06. The van der Waals surface area contributed by atoms with E-state index < -0.39 is 0 Å². The number of nitrogens with zero attached hydrogens (tertiary/aromatic N) is 2. The van der Waals surface area contributed by atoms with Crippen LogP contribution >= 0.6 is 0 Å². The lowest BCUT2D eigenvalue weighted by molar-refractivity contribution is 1.11. The number of aromatic amines is 1. The number of nitrogen functional groups attached to an aromatic ring is 1. The Kier molecular flexibility index (Phi) is 3.23. The maximum atomic E-state index is 11.9. The van der Waals surface area contributed by atoms with E-state index in [1.807, 2.05) is 37.3 Å². The van der Waals surface area contributed by atoms with Gasteiger partial charge < -0.3 is 10.7 Å². The van der Waals surface area contributed by atoms with Gasteiger partial charge in [-0.2, -0.15) is 0 Å². The number of aromatic nitrogens is 3. The van der Waals surface area contributed by atoms with E-state index in [-0.39, 0.29) is 5.56 Å². The highest BCUT2D eigenvalue weighted by molar-refractivity contribution is 5.67. The lowest BCUT2D eigenvalue weighted by atomic mass is 10.1. The normalized spacial score (nSPS) is 10.5. The fourth-order valence-electron chi connectivity index (χ4n) is 2.03. The molecule has 2 heterocycles. The Morgan fingerprint density at radius 1 is 1.10 bits per heavy atom. The molecule has 2 aromatic heterocycles.